The molecule has 96 valence electrons. The highest BCUT2D eigenvalue weighted by molar-refractivity contribution is 4.97. The van der Waals surface area contributed by atoms with Gasteiger partial charge in [-0.05, 0) is 26.3 Å². The maximum atomic E-state index is 5.54. The molecule has 0 aliphatic heterocycles. The molecule has 3 heteroatoms. The Kier molecular flexibility index (Phi) is 7.64. The van der Waals surface area contributed by atoms with Crippen LogP contribution in [0.25, 0.3) is 0 Å². The third kappa shape index (κ3) is 11.7. The van der Waals surface area contributed by atoms with Crippen molar-refractivity contribution in [3.63, 3.8) is 0 Å². The number of hydrogen-bond acceptors (Lipinski definition) is 3. The van der Waals surface area contributed by atoms with Crippen LogP contribution in [0.15, 0.2) is 12.2 Å². The second-order valence-electron chi connectivity index (χ2n) is 5.30. The van der Waals surface area contributed by atoms with Gasteiger partial charge in [0.2, 0.25) is 0 Å². The van der Waals surface area contributed by atoms with E-state index in [1.807, 2.05) is 20.8 Å². The average Bonchev–Trinajstić information content (AvgIpc) is 2.12. The van der Waals surface area contributed by atoms with Crippen molar-refractivity contribution >= 4 is 0 Å². The summed E-state index contributed by atoms with van der Waals surface area (Å²) in [6.45, 7) is 17.0. The predicted octanol–water partition coefficient (Wildman–Crippen LogP) is 2.37. The summed E-state index contributed by atoms with van der Waals surface area (Å²) in [6.07, 6.45) is 0. The summed E-state index contributed by atoms with van der Waals surface area (Å²) in [5.41, 5.74) is 0.990. The molecule has 0 radical (unpaired) electrons. The lowest BCUT2D eigenvalue weighted by molar-refractivity contribution is -0.0320. The van der Waals surface area contributed by atoms with Crippen LogP contribution in [-0.2, 0) is 9.47 Å². The van der Waals surface area contributed by atoms with Crippen molar-refractivity contribution in [2.75, 3.05) is 26.4 Å². The maximum Gasteiger partial charge on any atom is 0.0707 e. The van der Waals surface area contributed by atoms with Gasteiger partial charge >= 0.3 is 0 Å². The normalized spacial score (nSPS) is 12.1. The smallest absolute Gasteiger partial charge is 0.0707 e. The maximum absolute atomic E-state index is 5.54. The van der Waals surface area contributed by atoms with Crippen LogP contribution in [0.5, 0.6) is 0 Å². The summed E-state index contributed by atoms with van der Waals surface area (Å²) in [5.74, 6) is 0. The van der Waals surface area contributed by atoms with Gasteiger partial charge in [-0.25, -0.2) is 0 Å². The highest BCUT2D eigenvalue weighted by Gasteiger charge is 2.08. The lowest BCUT2D eigenvalue weighted by Gasteiger charge is -2.19. The van der Waals surface area contributed by atoms with Crippen LogP contribution in [0.4, 0.5) is 0 Å². The van der Waals surface area contributed by atoms with Crippen molar-refractivity contribution in [1.82, 2.24) is 5.32 Å². The Balaban J connectivity index is 3.35. The van der Waals surface area contributed by atoms with E-state index in [2.05, 4.69) is 25.7 Å². The number of rotatable bonds is 8. The molecule has 0 unspecified atom stereocenters. The monoisotopic (exact) mass is 229 g/mol. The van der Waals surface area contributed by atoms with Crippen molar-refractivity contribution in [3.05, 3.63) is 12.2 Å². The molecule has 0 saturated heterocycles. The third-order valence-corrected chi connectivity index (χ3v) is 1.83. The molecule has 0 bridgehead atoms. The van der Waals surface area contributed by atoms with Crippen LogP contribution in [-0.4, -0.2) is 38.0 Å². The fraction of sp³-hybridized carbons (Fsp3) is 0.846. The fourth-order valence-corrected chi connectivity index (χ4v) is 1.02. The molecule has 0 rings (SSSR count). The highest BCUT2D eigenvalue weighted by atomic mass is 16.5. The van der Waals surface area contributed by atoms with E-state index in [0.717, 1.165) is 12.1 Å². The molecule has 0 aliphatic carbocycles. The van der Waals surface area contributed by atoms with Crippen LogP contribution < -0.4 is 5.32 Å². The summed E-state index contributed by atoms with van der Waals surface area (Å²) in [4.78, 5) is 0. The fourth-order valence-electron chi connectivity index (χ4n) is 1.02. The first kappa shape index (κ1) is 15.6. The molecule has 0 aromatic heterocycles. The van der Waals surface area contributed by atoms with E-state index < -0.39 is 0 Å². The minimum absolute atomic E-state index is 0.0838. The molecule has 0 aliphatic rings. The minimum Gasteiger partial charge on any atom is -0.375 e. The molecule has 0 amide bonds. The van der Waals surface area contributed by atoms with Gasteiger partial charge in [0.1, 0.15) is 0 Å². The average molecular weight is 229 g/mol. The largest absolute Gasteiger partial charge is 0.375 e. The second kappa shape index (κ2) is 7.82. The van der Waals surface area contributed by atoms with Gasteiger partial charge < -0.3 is 14.8 Å². The Bertz CT molecular complexity index is 195. The van der Waals surface area contributed by atoms with E-state index in [1.54, 1.807) is 0 Å². The Morgan fingerprint density at radius 3 is 2.38 bits per heavy atom. The Labute approximate surface area is 100 Å². The molecule has 0 fully saturated rings. The van der Waals surface area contributed by atoms with E-state index >= 15 is 0 Å². The molecular weight excluding hydrogens is 202 g/mol. The first-order chi connectivity index (χ1) is 7.31. The quantitative estimate of drug-likeness (QED) is 0.512. The molecule has 0 heterocycles. The first-order valence-electron chi connectivity index (χ1n) is 5.93. The second-order valence-corrected chi connectivity index (χ2v) is 5.30. The molecule has 0 atom stereocenters. The van der Waals surface area contributed by atoms with Crippen LogP contribution in [0.2, 0.25) is 0 Å². The molecule has 3 nitrogen and oxygen atoms in total. The van der Waals surface area contributed by atoms with Gasteiger partial charge in [0.15, 0.2) is 0 Å². The summed E-state index contributed by atoms with van der Waals surface area (Å²) in [7, 11) is 0. The molecule has 0 aromatic rings. The summed E-state index contributed by atoms with van der Waals surface area (Å²) in [6, 6.07) is 0.487. The molecule has 16 heavy (non-hydrogen) atoms. The topological polar surface area (TPSA) is 30.5 Å². The number of ether oxygens (including phenoxy) is 2. The van der Waals surface area contributed by atoms with Gasteiger partial charge in [-0.1, -0.05) is 20.4 Å². The third-order valence-electron chi connectivity index (χ3n) is 1.83. The first-order valence-corrected chi connectivity index (χ1v) is 5.93. The zero-order valence-electron chi connectivity index (χ0n) is 11.4. The van der Waals surface area contributed by atoms with Gasteiger partial charge in [-0.15, -0.1) is 0 Å². The molecular formula is C13H27NO2. The van der Waals surface area contributed by atoms with Crippen molar-refractivity contribution in [1.29, 1.82) is 0 Å². The van der Waals surface area contributed by atoms with E-state index in [9.17, 15) is 0 Å². The molecule has 0 aromatic carbocycles. The van der Waals surface area contributed by atoms with E-state index in [-0.39, 0.29) is 5.60 Å². The van der Waals surface area contributed by atoms with Gasteiger partial charge in [-0.3, -0.25) is 0 Å². The van der Waals surface area contributed by atoms with E-state index in [4.69, 9.17) is 9.47 Å². The van der Waals surface area contributed by atoms with E-state index in [0.29, 0.717) is 25.9 Å². The van der Waals surface area contributed by atoms with Gasteiger partial charge in [-0.2, -0.15) is 0 Å². The van der Waals surface area contributed by atoms with Gasteiger partial charge in [0.05, 0.1) is 25.4 Å². The standard InChI is InChI=1S/C13H27NO2/c1-11(2)14-9-12(3)10-15-7-8-16-13(4,5)6/h11,14H,3,7-10H2,1-2,4-6H3. The SMILES string of the molecule is C=C(CNC(C)C)COCCOC(C)(C)C. The number of hydrogen-bond donors (Lipinski definition) is 1. The van der Waals surface area contributed by atoms with Crippen molar-refractivity contribution < 1.29 is 9.47 Å². The van der Waals surface area contributed by atoms with E-state index in [1.165, 1.54) is 0 Å². The van der Waals surface area contributed by atoms with Gasteiger partial charge in [0, 0.05) is 12.6 Å². The molecule has 1 N–H and O–H groups in total. The Hall–Kier alpha value is -0.380. The Morgan fingerprint density at radius 2 is 1.88 bits per heavy atom. The predicted molar refractivity (Wildman–Crippen MR) is 68.8 cm³/mol. The summed E-state index contributed by atoms with van der Waals surface area (Å²) < 4.78 is 11.0. The minimum atomic E-state index is -0.0838. The Morgan fingerprint density at radius 1 is 1.25 bits per heavy atom. The van der Waals surface area contributed by atoms with Crippen molar-refractivity contribution in [2.45, 2.75) is 46.3 Å². The summed E-state index contributed by atoms with van der Waals surface area (Å²) >= 11 is 0. The lowest BCUT2D eigenvalue weighted by atomic mass is 10.2. The number of nitrogens with one attached hydrogen (secondary N) is 1. The van der Waals surface area contributed by atoms with Crippen LogP contribution in [0.1, 0.15) is 34.6 Å². The van der Waals surface area contributed by atoms with Crippen LogP contribution in [0.3, 0.4) is 0 Å². The summed E-state index contributed by atoms with van der Waals surface area (Å²) in [5, 5.41) is 3.30. The molecule has 0 spiro atoms. The lowest BCUT2D eigenvalue weighted by Crippen LogP contribution is -2.26. The van der Waals surface area contributed by atoms with Crippen molar-refractivity contribution in [3.8, 4) is 0 Å². The highest BCUT2D eigenvalue weighted by Crippen LogP contribution is 2.05. The van der Waals surface area contributed by atoms with Crippen molar-refractivity contribution in [2.24, 2.45) is 0 Å². The zero-order chi connectivity index (χ0) is 12.6. The van der Waals surface area contributed by atoms with Gasteiger partial charge in [0.25, 0.3) is 0 Å². The van der Waals surface area contributed by atoms with Crippen LogP contribution in [0, 0.1) is 0 Å². The molecule has 0 saturated carbocycles. The van der Waals surface area contributed by atoms with Crippen LogP contribution >= 0.6 is 0 Å². The zero-order valence-corrected chi connectivity index (χ0v) is 11.4.